The van der Waals surface area contributed by atoms with Crippen molar-refractivity contribution in [2.24, 2.45) is 17.3 Å². The van der Waals surface area contributed by atoms with Crippen molar-refractivity contribution >= 4 is 17.5 Å². The quantitative estimate of drug-likeness (QED) is 0.437. The molecule has 0 amide bonds. The van der Waals surface area contributed by atoms with E-state index in [-0.39, 0.29) is 23.8 Å². The van der Waals surface area contributed by atoms with Gasteiger partial charge in [-0.25, -0.2) is 0 Å². The maximum absolute atomic E-state index is 13.9. The Labute approximate surface area is 177 Å². The Bertz CT molecular complexity index is 1030. The molecule has 2 bridgehead atoms. The van der Waals surface area contributed by atoms with Crippen LogP contribution in [0.2, 0.25) is 0 Å². The third-order valence-corrected chi connectivity index (χ3v) is 8.27. The molecule has 5 aliphatic heterocycles. The highest BCUT2D eigenvalue weighted by Gasteiger charge is 2.79. The van der Waals surface area contributed by atoms with Crippen molar-refractivity contribution in [3.63, 3.8) is 0 Å². The minimum absolute atomic E-state index is 0.129. The van der Waals surface area contributed by atoms with Crippen LogP contribution in [-0.2, 0) is 38.1 Å². The Kier molecular flexibility index (Phi) is 3.26. The molecule has 3 saturated heterocycles. The van der Waals surface area contributed by atoms with Gasteiger partial charge < -0.3 is 28.8 Å². The fourth-order valence-electron chi connectivity index (χ4n) is 7.14. The Morgan fingerprint density at radius 2 is 1.84 bits per heavy atom. The summed E-state index contributed by atoms with van der Waals surface area (Å²) in [7, 11) is 0. The summed E-state index contributed by atoms with van der Waals surface area (Å²) in [5, 5.41) is 11.0. The molecule has 1 N–H and O–H groups in total. The third kappa shape index (κ3) is 1.92. The van der Waals surface area contributed by atoms with Crippen molar-refractivity contribution in [2.75, 3.05) is 0 Å². The van der Waals surface area contributed by atoms with Crippen LogP contribution >= 0.6 is 0 Å². The van der Waals surface area contributed by atoms with Crippen LogP contribution in [0.4, 0.5) is 0 Å². The Balaban J connectivity index is 1.50. The van der Waals surface area contributed by atoms with Gasteiger partial charge in [0.05, 0.1) is 23.9 Å². The lowest BCUT2D eigenvalue weighted by Crippen LogP contribution is -2.72. The van der Waals surface area contributed by atoms with E-state index in [2.05, 4.69) is 0 Å². The average Bonchev–Trinajstić information content (AvgIpc) is 3.62. The molecule has 0 aromatic heterocycles. The summed E-state index contributed by atoms with van der Waals surface area (Å²) in [6, 6.07) is 0. The van der Waals surface area contributed by atoms with Gasteiger partial charge in [-0.2, -0.15) is 0 Å². The summed E-state index contributed by atoms with van der Waals surface area (Å²) in [6.45, 7) is 5.06. The van der Waals surface area contributed by atoms with E-state index in [1.807, 2.05) is 13.8 Å². The van der Waals surface area contributed by atoms with Gasteiger partial charge in [0, 0.05) is 35.5 Å². The molecule has 5 heterocycles. The predicted molar refractivity (Wildman–Crippen MR) is 98.3 cm³/mol. The Morgan fingerprint density at radius 3 is 2.58 bits per heavy atom. The van der Waals surface area contributed by atoms with Gasteiger partial charge >= 0.3 is 5.97 Å². The van der Waals surface area contributed by atoms with Crippen LogP contribution in [0.3, 0.4) is 0 Å². The number of epoxide rings is 2. The summed E-state index contributed by atoms with van der Waals surface area (Å²) in [6.07, 6.45) is -4.44. The summed E-state index contributed by atoms with van der Waals surface area (Å²) in [4.78, 5) is 39.1. The number of carbonyl (C=O) groups excluding carboxylic acids is 3. The number of hydrogen-bond donors (Lipinski definition) is 1. The summed E-state index contributed by atoms with van der Waals surface area (Å²) in [5.41, 5.74) is 0.256. The molecule has 0 aromatic rings. The molecule has 9 heteroatoms. The minimum Gasteiger partial charge on any atom is -0.498 e. The highest BCUT2D eigenvalue weighted by Crippen LogP contribution is 2.68. The normalized spacial score (nSPS) is 55.1. The number of aliphatic hydroxyl groups excluding tert-OH is 1. The molecule has 31 heavy (non-hydrogen) atoms. The zero-order valence-electron chi connectivity index (χ0n) is 17.1. The monoisotopic (exact) mass is 430 g/mol. The largest absolute Gasteiger partial charge is 0.498 e. The van der Waals surface area contributed by atoms with Gasteiger partial charge in [0.15, 0.2) is 23.8 Å². The van der Waals surface area contributed by atoms with Crippen LogP contribution in [0.5, 0.6) is 0 Å². The first-order chi connectivity index (χ1) is 14.8. The number of fused-ring (bicyclic) bond motifs is 3. The van der Waals surface area contributed by atoms with Gasteiger partial charge in [0.2, 0.25) is 0 Å². The molecular formula is C22H22O9. The molecule has 4 fully saturated rings. The fourth-order valence-corrected chi connectivity index (χ4v) is 7.14. The van der Waals surface area contributed by atoms with Crippen molar-refractivity contribution < 1.29 is 43.2 Å². The van der Waals surface area contributed by atoms with E-state index in [1.54, 1.807) is 0 Å². The fraction of sp³-hybridized carbons (Fsp3) is 0.682. The molecular weight excluding hydrogens is 408 g/mol. The van der Waals surface area contributed by atoms with Crippen LogP contribution in [0.25, 0.3) is 0 Å². The number of carbonyl (C=O) groups is 3. The molecule has 9 nitrogen and oxygen atoms in total. The number of esters is 1. The van der Waals surface area contributed by atoms with Crippen molar-refractivity contribution in [3.8, 4) is 0 Å². The SMILES string of the molecule is CC(=O)O[C@H]1C2=C(C(=O)[C@H]3O[C@@H]31)[C@@H]1[C@@H]3[C@@H](C)OC=C4[C@H](O)[C@H]5O[C@@H]5C(=O)[C@]43[C@H]2O[C@H]1C. The second-order valence-corrected chi connectivity index (χ2v) is 9.67. The predicted octanol–water partition coefficient (Wildman–Crippen LogP) is -0.402. The smallest absolute Gasteiger partial charge is 0.303 e. The van der Waals surface area contributed by atoms with Crippen molar-refractivity contribution in [3.05, 3.63) is 23.0 Å². The number of hydrogen-bond acceptors (Lipinski definition) is 9. The highest BCUT2D eigenvalue weighted by atomic mass is 16.6. The lowest BCUT2D eigenvalue weighted by atomic mass is 9.45. The number of rotatable bonds is 1. The molecule has 8 rings (SSSR count). The number of aliphatic hydroxyl groups is 1. The maximum Gasteiger partial charge on any atom is 0.303 e. The molecule has 0 aromatic carbocycles. The lowest BCUT2D eigenvalue weighted by molar-refractivity contribution is -0.211. The number of Topliss-reactive ketones (excluding diaryl/α,β-unsaturated/α-hetero) is 2. The van der Waals surface area contributed by atoms with Crippen LogP contribution in [0, 0.1) is 17.3 Å². The van der Waals surface area contributed by atoms with Crippen molar-refractivity contribution in [1.29, 1.82) is 0 Å². The van der Waals surface area contributed by atoms with Crippen molar-refractivity contribution in [2.45, 2.75) is 75.7 Å². The Morgan fingerprint density at radius 1 is 1.10 bits per heavy atom. The average molecular weight is 430 g/mol. The standard InChI is InChI=1S/C22H22O9/c1-5-9-10-11(15(29-7(3)23)18-17(30-18)14(10)25)21(28-5)22-8(4-27-6(2)12(9)22)13(24)16-19(31-16)20(22)26/h4-6,9,12-13,15-19,21,24H,1-3H3/t5-,6+,9+,12-,13-,15-,16+,17+,18+,19-,21-,22-/m0/s1. The number of ether oxygens (including phenoxy) is 5. The van der Waals surface area contributed by atoms with Gasteiger partial charge in [0.1, 0.15) is 30.5 Å². The van der Waals surface area contributed by atoms with Crippen LogP contribution in [-0.4, -0.2) is 77.6 Å². The number of ketones is 2. The van der Waals surface area contributed by atoms with Crippen LogP contribution in [0.1, 0.15) is 20.8 Å². The van der Waals surface area contributed by atoms with Gasteiger partial charge in [0.25, 0.3) is 0 Å². The third-order valence-electron chi connectivity index (χ3n) is 8.27. The summed E-state index contributed by atoms with van der Waals surface area (Å²) in [5.74, 6) is -1.65. The first-order valence-corrected chi connectivity index (χ1v) is 10.8. The first kappa shape index (κ1) is 18.5. The molecule has 8 aliphatic rings. The molecule has 0 unspecified atom stereocenters. The van der Waals surface area contributed by atoms with E-state index in [0.717, 1.165) is 0 Å². The molecule has 3 aliphatic carbocycles. The van der Waals surface area contributed by atoms with Gasteiger partial charge in [-0.15, -0.1) is 0 Å². The second kappa shape index (κ2) is 5.46. The van der Waals surface area contributed by atoms with E-state index in [1.165, 1.54) is 13.2 Å². The van der Waals surface area contributed by atoms with E-state index in [9.17, 15) is 19.5 Å². The van der Waals surface area contributed by atoms with Crippen LogP contribution in [0.15, 0.2) is 23.0 Å². The van der Waals surface area contributed by atoms with E-state index in [0.29, 0.717) is 16.7 Å². The second-order valence-electron chi connectivity index (χ2n) is 9.67. The van der Waals surface area contributed by atoms with E-state index in [4.69, 9.17) is 23.7 Å². The zero-order chi connectivity index (χ0) is 21.6. The Hall–Kier alpha value is -2.07. The van der Waals surface area contributed by atoms with Gasteiger partial charge in [-0.3, -0.25) is 14.4 Å². The summed E-state index contributed by atoms with van der Waals surface area (Å²) < 4.78 is 29.1. The zero-order valence-corrected chi connectivity index (χ0v) is 17.1. The molecule has 1 saturated carbocycles. The molecule has 0 radical (unpaired) electrons. The van der Waals surface area contributed by atoms with Gasteiger partial charge in [-0.1, -0.05) is 0 Å². The molecule has 164 valence electrons. The van der Waals surface area contributed by atoms with E-state index >= 15 is 0 Å². The van der Waals surface area contributed by atoms with E-state index < -0.39 is 65.9 Å². The molecule has 12 atom stereocenters. The van der Waals surface area contributed by atoms with Gasteiger partial charge in [-0.05, 0) is 13.8 Å². The minimum atomic E-state index is -1.23. The summed E-state index contributed by atoms with van der Waals surface area (Å²) >= 11 is 0. The maximum atomic E-state index is 13.9. The van der Waals surface area contributed by atoms with Crippen molar-refractivity contribution in [1.82, 2.24) is 0 Å². The lowest BCUT2D eigenvalue weighted by Gasteiger charge is -2.63. The molecule has 1 spiro atoms. The first-order valence-electron chi connectivity index (χ1n) is 10.8. The van der Waals surface area contributed by atoms with Crippen LogP contribution < -0.4 is 0 Å². The highest BCUT2D eigenvalue weighted by molar-refractivity contribution is 6.06. The topological polar surface area (TPSA) is 124 Å².